The van der Waals surface area contributed by atoms with Crippen LogP contribution in [-0.4, -0.2) is 17.1 Å². The average molecular weight is 273 g/mol. The summed E-state index contributed by atoms with van der Waals surface area (Å²) in [6.45, 7) is 2.10. The Kier molecular flexibility index (Phi) is 3.55. The van der Waals surface area contributed by atoms with Gasteiger partial charge in [-0.15, -0.1) is 0 Å². The molecule has 2 aliphatic rings. The van der Waals surface area contributed by atoms with Gasteiger partial charge in [0, 0.05) is 11.8 Å². The third-order valence-electron chi connectivity index (χ3n) is 5.21. The molecule has 0 radical (unpaired) electrons. The van der Waals surface area contributed by atoms with Gasteiger partial charge in [-0.2, -0.15) is 0 Å². The van der Waals surface area contributed by atoms with Crippen molar-refractivity contribution in [2.75, 3.05) is 0 Å². The van der Waals surface area contributed by atoms with E-state index in [0.717, 1.165) is 43.2 Å². The number of carbonyl (C=O) groups is 1. The molecule has 1 amide bonds. The van der Waals surface area contributed by atoms with Crippen molar-refractivity contribution < 1.29 is 9.90 Å². The summed E-state index contributed by atoms with van der Waals surface area (Å²) >= 11 is 0. The normalized spacial score (nSPS) is 27.3. The first-order chi connectivity index (χ1) is 9.66. The van der Waals surface area contributed by atoms with Crippen LogP contribution < -0.4 is 5.32 Å². The summed E-state index contributed by atoms with van der Waals surface area (Å²) in [5.74, 6) is 0.137. The average Bonchev–Trinajstić information content (AvgIpc) is 3.05. The van der Waals surface area contributed by atoms with Crippen LogP contribution in [0.5, 0.6) is 0 Å². The van der Waals surface area contributed by atoms with E-state index in [4.69, 9.17) is 0 Å². The third-order valence-corrected chi connectivity index (χ3v) is 5.21. The topological polar surface area (TPSA) is 49.3 Å². The van der Waals surface area contributed by atoms with Crippen molar-refractivity contribution in [1.82, 2.24) is 5.32 Å². The number of nitrogens with one attached hydrogen (secondary N) is 1. The van der Waals surface area contributed by atoms with Crippen LogP contribution in [0.4, 0.5) is 0 Å². The Bertz CT molecular complexity index is 505. The predicted octanol–water partition coefficient (Wildman–Crippen LogP) is 2.73. The first kappa shape index (κ1) is 13.6. The molecule has 0 aliphatic heterocycles. The third kappa shape index (κ3) is 2.14. The number of carbonyl (C=O) groups excluding carboxylic acids is 1. The molecule has 2 N–H and O–H groups in total. The van der Waals surface area contributed by atoms with Crippen molar-refractivity contribution in [3.05, 3.63) is 35.4 Å². The maximum Gasteiger partial charge on any atom is 0.226 e. The fraction of sp³-hybridized carbons (Fsp3) is 0.588. The molecule has 0 aromatic heterocycles. The molecule has 2 aliphatic carbocycles. The smallest absolute Gasteiger partial charge is 0.226 e. The van der Waals surface area contributed by atoms with Crippen LogP contribution in [0.15, 0.2) is 24.3 Å². The molecule has 108 valence electrons. The number of amides is 1. The fourth-order valence-electron chi connectivity index (χ4n) is 3.84. The van der Waals surface area contributed by atoms with Crippen LogP contribution in [0.1, 0.15) is 56.2 Å². The van der Waals surface area contributed by atoms with Gasteiger partial charge >= 0.3 is 0 Å². The predicted molar refractivity (Wildman–Crippen MR) is 78.2 cm³/mol. The number of hydrogen-bond acceptors (Lipinski definition) is 2. The van der Waals surface area contributed by atoms with Gasteiger partial charge in [0.1, 0.15) is 0 Å². The van der Waals surface area contributed by atoms with Gasteiger partial charge in [0.15, 0.2) is 0 Å². The lowest BCUT2D eigenvalue weighted by Crippen LogP contribution is -2.43. The molecule has 1 saturated carbocycles. The molecule has 1 aromatic rings. The summed E-state index contributed by atoms with van der Waals surface area (Å²) in [6, 6.07) is 7.78. The van der Waals surface area contributed by atoms with Crippen molar-refractivity contribution in [3.63, 3.8) is 0 Å². The number of aliphatic hydroxyl groups is 1. The molecular formula is C17H23NO2. The van der Waals surface area contributed by atoms with E-state index in [1.54, 1.807) is 0 Å². The molecule has 2 atom stereocenters. The summed E-state index contributed by atoms with van der Waals surface area (Å²) < 4.78 is 0. The van der Waals surface area contributed by atoms with Crippen LogP contribution in [0, 0.1) is 5.41 Å². The Morgan fingerprint density at radius 1 is 1.35 bits per heavy atom. The van der Waals surface area contributed by atoms with Crippen LogP contribution in [-0.2, 0) is 11.2 Å². The van der Waals surface area contributed by atoms with Gasteiger partial charge in [0.25, 0.3) is 0 Å². The van der Waals surface area contributed by atoms with Crippen molar-refractivity contribution in [2.24, 2.45) is 5.41 Å². The van der Waals surface area contributed by atoms with Gasteiger partial charge in [-0.25, -0.2) is 0 Å². The van der Waals surface area contributed by atoms with Crippen molar-refractivity contribution >= 4 is 5.91 Å². The molecule has 3 nitrogen and oxygen atoms in total. The van der Waals surface area contributed by atoms with E-state index in [1.807, 2.05) is 24.3 Å². The van der Waals surface area contributed by atoms with Crippen LogP contribution >= 0.6 is 0 Å². The zero-order chi connectivity index (χ0) is 14.2. The second-order valence-corrected chi connectivity index (χ2v) is 6.26. The highest BCUT2D eigenvalue weighted by Crippen LogP contribution is 2.42. The molecule has 0 saturated heterocycles. The van der Waals surface area contributed by atoms with E-state index in [9.17, 15) is 9.90 Å². The summed E-state index contributed by atoms with van der Waals surface area (Å²) in [5, 5.41) is 13.4. The highest BCUT2D eigenvalue weighted by Gasteiger charge is 2.42. The molecule has 20 heavy (non-hydrogen) atoms. The number of hydrogen-bond donors (Lipinski definition) is 2. The lowest BCUT2D eigenvalue weighted by atomic mass is 9.82. The van der Waals surface area contributed by atoms with E-state index in [2.05, 4.69) is 12.2 Å². The van der Waals surface area contributed by atoms with Gasteiger partial charge in [0.05, 0.1) is 12.1 Å². The van der Waals surface area contributed by atoms with Gasteiger partial charge in [0.2, 0.25) is 5.91 Å². The number of rotatable bonds is 3. The molecule has 0 spiro atoms. The minimum Gasteiger partial charge on any atom is -0.390 e. The summed E-state index contributed by atoms with van der Waals surface area (Å²) in [4.78, 5) is 12.7. The van der Waals surface area contributed by atoms with Crippen molar-refractivity contribution in [3.8, 4) is 0 Å². The van der Waals surface area contributed by atoms with E-state index in [-0.39, 0.29) is 17.4 Å². The Hall–Kier alpha value is -1.35. The Morgan fingerprint density at radius 2 is 2.05 bits per heavy atom. The van der Waals surface area contributed by atoms with E-state index >= 15 is 0 Å². The summed E-state index contributed by atoms with van der Waals surface area (Å²) in [7, 11) is 0. The van der Waals surface area contributed by atoms with Gasteiger partial charge in [-0.1, -0.05) is 44.0 Å². The maximum atomic E-state index is 12.7. The van der Waals surface area contributed by atoms with E-state index in [1.165, 1.54) is 0 Å². The maximum absolute atomic E-state index is 12.7. The quantitative estimate of drug-likeness (QED) is 0.889. The SMILES string of the molecule is CCC1(C(=O)N[C@H]2c3ccccc3C[C@H]2O)CCCC1. The lowest BCUT2D eigenvalue weighted by Gasteiger charge is -2.29. The Balaban J connectivity index is 1.79. The lowest BCUT2D eigenvalue weighted by molar-refractivity contribution is -0.132. The number of fused-ring (bicyclic) bond motifs is 1. The second-order valence-electron chi connectivity index (χ2n) is 6.26. The molecule has 0 bridgehead atoms. The zero-order valence-corrected chi connectivity index (χ0v) is 12.1. The van der Waals surface area contributed by atoms with Crippen LogP contribution in [0.2, 0.25) is 0 Å². The standard InChI is InChI=1S/C17H23NO2/c1-2-17(9-5-6-10-17)16(20)18-15-13-8-4-3-7-12(13)11-14(15)19/h3-4,7-8,14-15,19H,2,5-6,9-11H2,1H3,(H,18,20)/t14-,15+/m1/s1. The highest BCUT2D eigenvalue weighted by atomic mass is 16.3. The molecule has 1 fully saturated rings. The minimum atomic E-state index is -0.494. The first-order valence-electron chi connectivity index (χ1n) is 7.73. The molecule has 1 aromatic carbocycles. The minimum absolute atomic E-state index is 0.137. The number of aliphatic hydroxyl groups excluding tert-OH is 1. The van der Waals surface area contributed by atoms with Gasteiger partial charge in [-0.3, -0.25) is 4.79 Å². The molecule has 0 unspecified atom stereocenters. The molecule has 0 heterocycles. The largest absolute Gasteiger partial charge is 0.390 e. The fourth-order valence-corrected chi connectivity index (χ4v) is 3.84. The Morgan fingerprint density at radius 3 is 2.75 bits per heavy atom. The molecular weight excluding hydrogens is 250 g/mol. The molecule has 3 rings (SSSR count). The van der Waals surface area contributed by atoms with Crippen LogP contribution in [0.3, 0.4) is 0 Å². The van der Waals surface area contributed by atoms with E-state index < -0.39 is 6.10 Å². The second kappa shape index (κ2) is 5.21. The van der Waals surface area contributed by atoms with Crippen molar-refractivity contribution in [1.29, 1.82) is 0 Å². The highest BCUT2D eigenvalue weighted by molar-refractivity contribution is 5.83. The summed E-state index contributed by atoms with van der Waals surface area (Å²) in [5.41, 5.74) is 2.04. The zero-order valence-electron chi connectivity index (χ0n) is 12.1. The summed E-state index contributed by atoms with van der Waals surface area (Å²) in [6.07, 6.45) is 5.30. The van der Waals surface area contributed by atoms with Crippen LogP contribution in [0.25, 0.3) is 0 Å². The monoisotopic (exact) mass is 273 g/mol. The van der Waals surface area contributed by atoms with Gasteiger partial charge < -0.3 is 10.4 Å². The number of benzene rings is 1. The van der Waals surface area contributed by atoms with E-state index in [0.29, 0.717) is 6.42 Å². The Labute approximate surface area is 120 Å². The first-order valence-corrected chi connectivity index (χ1v) is 7.73. The van der Waals surface area contributed by atoms with Gasteiger partial charge in [-0.05, 0) is 30.4 Å². The van der Waals surface area contributed by atoms with Crippen molar-refractivity contribution in [2.45, 2.75) is 57.6 Å². The molecule has 3 heteroatoms.